The lowest BCUT2D eigenvalue weighted by Gasteiger charge is -2.21. The Bertz CT molecular complexity index is 2520. The molecule has 1 unspecified atom stereocenters. The molecule has 7 aromatic rings. The lowest BCUT2D eigenvalue weighted by atomic mass is 9.86. The van der Waals surface area contributed by atoms with Crippen LogP contribution in [-0.4, -0.2) is 0 Å². The van der Waals surface area contributed by atoms with E-state index in [4.69, 9.17) is 5.79 Å². The zero-order valence-corrected chi connectivity index (χ0v) is 26.7. The highest BCUT2D eigenvalue weighted by atomic mass is 32.1. The summed E-state index contributed by atoms with van der Waals surface area (Å²) in [6.45, 7) is 12.3. The van der Waals surface area contributed by atoms with E-state index < -0.39 is 17.5 Å². The van der Waals surface area contributed by atoms with Crippen LogP contribution in [0.1, 0.15) is 63.1 Å². The van der Waals surface area contributed by atoms with Gasteiger partial charge in [-0.1, -0.05) is 39.0 Å². The number of hydrogen-bond donors (Lipinski definition) is 0. The van der Waals surface area contributed by atoms with Crippen molar-refractivity contribution >= 4 is 43.4 Å². The first kappa shape index (κ1) is 23.1. The van der Waals surface area contributed by atoms with Gasteiger partial charge >= 0.3 is 5.66 Å². The first-order valence-corrected chi connectivity index (χ1v) is 16.1. The molecule has 44 heavy (non-hydrogen) atoms. The minimum Gasteiger partial charge on any atom is -0.454 e. The molecular formula is C40H36N2OS+2. The maximum absolute atomic E-state index is 9.38. The Morgan fingerprint density at radius 3 is 2.41 bits per heavy atom. The fourth-order valence-electron chi connectivity index (χ4n) is 7.70. The Labute approximate surface area is 266 Å². The van der Waals surface area contributed by atoms with Gasteiger partial charge < -0.3 is 4.42 Å². The van der Waals surface area contributed by atoms with Gasteiger partial charge in [-0.3, -0.25) is 0 Å². The number of pyridine rings is 2. The van der Waals surface area contributed by atoms with Crippen molar-refractivity contribution in [2.24, 2.45) is 5.41 Å². The number of furan rings is 1. The van der Waals surface area contributed by atoms with Crippen LogP contribution in [0.5, 0.6) is 0 Å². The van der Waals surface area contributed by atoms with Gasteiger partial charge in [0.15, 0.2) is 18.0 Å². The number of benzene rings is 3. The summed E-state index contributed by atoms with van der Waals surface area (Å²) in [4.78, 5) is 1.29. The molecule has 1 spiro atoms. The van der Waals surface area contributed by atoms with Crippen molar-refractivity contribution in [1.29, 1.82) is 0 Å². The average molecular weight is 596 g/mol. The van der Waals surface area contributed by atoms with Crippen molar-refractivity contribution in [2.75, 3.05) is 0 Å². The Balaban J connectivity index is 1.50. The Morgan fingerprint density at radius 2 is 1.59 bits per heavy atom. The monoisotopic (exact) mass is 595 g/mol. The average Bonchev–Trinajstić information content (AvgIpc) is 3.74. The molecule has 4 heteroatoms. The molecule has 3 aromatic carbocycles. The van der Waals surface area contributed by atoms with E-state index in [9.17, 15) is 2.74 Å². The van der Waals surface area contributed by atoms with Gasteiger partial charge in [0, 0.05) is 43.0 Å². The molecule has 0 bridgehead atoms. The van der Waals surface area contributed by atoms with E-state index in [1.807, 2.05) is 26.8 Å². The van der Waals surface area contributed by atoms with Crippen LogP contribution in [0, 0.1) is 33.1 Å². The molecule has 9 rings (SSSR count). The van der Waals surface area contributed by atoms with E-state index in [-0.39, 0.29) is 6.90 Å². The minimum absolute atomic E-state index is 0.0280. The second-order valence-electron chi connectivity index (χ2n) is 13.6. The normalized spacial score (nSPS) is 18.0. The third-order valence-electron chi connectivity index (χ3n) is 9.64. The summed E-state index contributed by atoms with van der Waals surface area (Å²) in [7, 11) is 0. The Kier molecular flexibility index (Phi) is 4.45. The number of aromatic nitrogens is 2. The topological polar surface area (TPSA) is 20.9 Å². The molecule has 6 heterocycles. The van der Waals surface area contributed by atoms with Crippen molar-refractivity contribution in [2.45, 2.75) is 60.5 Å². The molecule has 0 amide bonds. The molecule has 3 nitrogen and oxygen atoms in total. The predicted octanol–water partition coefficient (Wildman–Crippen LogP) is 9.46. The number of nitrogens with zero attached hydrogens (tertiary/aromatic N) is 2. The van der Waals surface area contributed by atoms with E-state index in [0.29, 0.717) is 11.1 Å². The first-order chi connectivity index (χ1) is 22.4. The fraction of sp³-hybridized carbons (Fsp3) is 0.250. The molecule has 4 aromatic heterocycles. The number of rotatable bonds is 1. The van der Waals surface area contributed by atoms with Crippen molar-refractivity contribution in [3.63, 3.8) is 0 Å². The maximum Gasteiger partial charge on any atom is 0.417 e. The summed E-state index contributed by atoms with van der Waals surface area (Å²) >= 11 is 1.78. The zero-order chi connectivity index (χ0) is 32.8. The molecule has 216 valence electrons. The molecule has 0 fully saturated rings. The SMILES string of the molecule is [2H]Cc1c[n+]2c(cc1C([2H])([2H])C(C)(C)C)-c1c(ccc3c1oc1c3ccc3c(C)c(C)sc31)C21c2ccccc2-c2ccc(C)c[n+]21. The van der Waals surface area contributed by atoms with Gasteiger partial charge in [0.05, 0.1) is 10.3 Å². The van der Waals surface area contributed by atoms with Gasteiger partial charge in [0.1, 0.15) is 22.3 Å². The van der Waals surface area contributed by atoms with Gasteiger partial charge in [0.2, 0.25) is 11.4 Å². The number of aryl methyl sites for hydroxylation is 4. The number of hydrogen-bond acceptors (Lipinski definition) is 2. The highest BCUT2D eigenvalue weighted by Crippen LogP contribution is 2.51. The summed E-state index contributed by atoms with van der Waals surface area (Å²) in [5.74, 6) is 0. The van der Waals surface area contributed by atoms with Gasteiger partial charge in [-0.15, -0.1) is 20.5 Å². The maximum atomic E-state index is 9.38. The summed E-state index contributed by atoms with van der Waals surface area (Å²) in [5, 5.41) is 3.37. The largest absolute Gasteiger partial charge is 0.454 e. The van der Waals surface area contributed by atoms with Crippen LogP contribution >= 0.6 is 11.3 Å². The smallest absolute Gasteiger partial charge is 0.417 e. The van der Waals surface area contributed by atoms with Gasteiger partial charge in [-0.25, -0.2) is 0 Å². The van der Waals surface area contributed by atoms with E-state index in [1.54, 1.807) is 11.3 Å². The molecule has 2 aliphatic heterocycles. The van der Waals surface area contributed by atoms with Gasteiger partial charge in [-0.2, -0.15) is 0 Å². The molecule has 0 aliphatic carbocycles. The third kappa shape index (κ3) is 3.17. The predicted molar refractivity (Wildman–Crippen MR) is 180 cm³/mol. The minimum atomic E-state index is -1.68. The van der Waals surface area contributed by atoms with Crippen LogP contribution in [0.2, 0.25) is 0 Å². The van der Waals surface area contributed by atoms with Crippen LogP contribution < -0.4 is 9.13 Å². The molecule has 0 N–H and O–H groups in total. The van der Waals surface area contributed by atoms with Crippen molar-refractivity contribution in [3.8, 4) is 22.5 Å². The van der Waals surface area contributed by atoms with Crippen LogP contribution in [0.15, 0.2) is 83.5 Å². The Morgan fingerprint density at radius 1 is 0.841 bits per heavy atom. The molecule has 1 atom stereocenters. The highest BCUT2D eigenvalue weighted by Gasteiger charge is 2.67. The zero-order valence-electron chi connectivity index (χ0n) is 28.9. The van der Waals surface area contributed by atoms with Crippen LogP contribution in [0.4, 0.5) is 0 Å². The summed E-state index contributed by atoms with van der Waals surface area (Å²) in [5.41, 5.74) is 10.4. The summed E-state index contributed by atoms with van der Waals surface area (Å²) < 4.78 is 40.3. The summed E-state index contributed by atoms with van der Waals surface area (Å²) in [6.07, 6.45) is 2.61. The molecule has 0 saturated heterocycles. The van der Waals surface area contributed by atoms with E-state index in [1.165, 1.54) is 20.5 Å². The highest BCUT2D eigenvalue weighted by molar-refractivity contribution is 7.20. The van der Waals surface area contributed by atoms with Gasteiger partial charge in [-0.05, 0) is 92.4 Å². The number of thiophene rings is 1. The standard InChI is InChI=1S/C40H36N2OS/c1-22-12-17-33-30-10-8-9-11-31(30)40(41(33)20-22)32-16-15-28-29-14-13-27-24(3)25(4)44-38(27)37(29)43-36(28)35(32)34-18-26(19-39(5,6)7)23(2)21-42(34)40/h8-18,20-21H,19H2,1-7H3/q+2/i2D,19D2. The van der Waals surface area contributed by atoms with Crippen LogP contribution in [-0.2, 0) is 12.0 Å². The molecule has 0 radical (unpaired) electrons. The van der Waals surface area contributed by atoms with Crippen LogP contribution in [0.3, 0.4) is 0 Å². The summed E-state index contributed by atoms with van der Waals surface area (Å²) in [6, 6.07) is 23.9. The second kappa shape index (κ2) is 8.46. The number of fused-ring (bicyclic) bond motifs is 16. The van der Waals surface area contributed by atoms with E-state index in [0.717, 1.165) is 61.1 Å². The fourth-order valence-corrected chi connectivity index (χ4v) is 8.84. The quantitative estimate of drug-likeness (QED) is 0.173. The first-order valence-electron chi connectivity index (χ1n) is 17.0. The van der Waals surface area contributed by atoms with Crippen LogP contribution in [0.25, 0.3) is 54.5 Å². The van der Waals surface area contributed by atoms with Gasteiger partial charge in [0.25, 0.3) is 0 Å². The lowest BCUT2D eigenvalue weighted by Crippen LogP contribution is -2.71. The lowest BCUT2D eigenvalue weighted by molar-refractivity contribution is -0.955. The molecular weight excluding hydrogens is 557 g/mol. The van der Waals surface area contributed by atoms with Crippen molar-refractivity contribution in [3.05, 3.63) is 117 Å². The third-order valence-corrected chi connectivity index (χ3v) is 10.9. The second-order valence-corrected chi connectivity index (χ2v) is 14.8. The molecule has 2 aliphatic rings. The van der Waals surface area contributed by atoms with E-state index >= 15 is 0 Å². The van der Waals surface area contributed by atoms with E-state index in [2.05, 4.69) is 103 Å². The Hall–Kier alpha value is -4.28. The van der Waals surface area contributed by atoms with Crippen molar-refractivity contribution < 1.29 is 17.7 Å². The molecule has 0 saturated carbocycles. The van der Waals surface area contributed by atoms with Crippen molar-refractivity contribution in [1.82, 2.24) is 0 Å².